The van der Waals surface area contributed by atoms with Crippen molar-refractivity contribution >= 4 is 39.5 Å². The second kappa shape index (κ2) is 74.2. The van der Waals surface area contributed by atoms with Crippen LogP contribution in [-0.4, -0.2) is 96.7 Å². The first kappa shape index (κ1) is 101. The molecular formula is C84H164O17P2. The van der Waals surface area contributed by atoms with Crippen molar-refractivity contribution in [3.8, 4) is 0 Å². The van der Waals surface area contributed by atoms with Crippen LogP contribution in [0.25, 0.3) is 0 Å². The van der Waals surface area contributed by atoms with E-state index in [4.69, 9.17) is 37.0 Å². The highest BCUT2D eigenvalue weighted by molar-refractivity contribution is 7.47. The van der Waals surface area contributed by atoms with Crippen LogP contribution in [0.15, 0.2) is 0 Å². The fourth-order valence-electron chi connectivity index (χ4n) is 13.0. The molecule has 5 atom stereocenters. The van der Waals surface area contributed by atoms with Crippen LogP contribution in [0.2, 0.25) is 0 Å². The molecule has 19 heteroatoms. The predicted octanol–water partition coefficient (Wildman–Crippen LogP) is 25.3. The molecule has 0 saturated carbocycles. The van der Waals surface area contributed by atoms with Crippen molar-refractivity contribution in [2.75, 3.05) is 39.6 Å². The molecule has 0 aromatic heterocycles. The van der Waals surface area contributed by atoms with Gasteiger partial charge >= 0.3 is 39.5 Å². The van der Waals surface area contributed by atoms with E-state index in [1.165, 1.54) is 250 Å². The Labute approximate surface area is 632 Å². The van der Waals surface area contributed by atoms with Gasteiger partial charge in [0.25, 0.3) is 0 Å². The Morgan fingerprint density at radius 1 is 0.262 bits per heavy atom. The van der Waals surface area contributed by atoms with Gasteiger partial charge in [-0.3, -0.25) is 37.3 Å². The van der Waals surface area contributed by atoms with Crippen LogP contribution < -0.4 is 0 Å². The molecule has 612 valence electrons. The monoisotopic (exact) mass is 1510 g/mol. The molecule has 0 radical (unpaired) electrons. The third-order valence-electron chi connectivity index (χ3n) is 19.6. The topological polar surface area (TPSA) is 237 Å². The zero-order chi connectivity index (χ0) is 75.8. The molecule has 3 N–H and O–H groups in total. The zero-order valence-corrected chi connectivity index (χ0v) is 69.6. The molecule has 103 heavy (non-hydrogen) atoms. The van der Waals surface area contributed by atoms with E-state index in [0.29, 0.717) is 25.7 Å². The Balaban J connectivity index is 5.25. The van der Waals surface area contributed by atoms with E-state index < -0.39 is 97.5 Å². The summed E-state index contributed by atoms with van der Waals surface area (Å²) in [6, 6.07) is 0. The zero-order valence-electron chi connectivity index (χ0n) is 67.8. The molecule has 0 aliphatic rings. The van der Waals surface area contributed by atoms with E-state index in [0.717, 1.165) is 108 Å². The number of carbonyl (C=O) groups is 4. The van der Waals surface area contributed by atoms with Gasteiger partial charge in [-0.1, -0.05) is 389 Å². The second-order valence-electron chi connectivity index (χ2n) is 31.6. The van der Waals surface area contributed by atoms with Gasteiger partial charge in [0, 0.05) is 25.7 Å². The molecule has 0 aliphatic heterocycles. The smallest absolute Gasteiger partial charge is 0.462 e. The van der Waals surface area contributed by atoms with Crippen molar-refractivity contribution in [1.82, 2.24) is 0 Å². The molecule has 0 aliphatic carbocycles. The minimum Gasteiger partial charge on any atom is -0.462 e. The van der Waals surface area contributed by atoms with Crippen molar-refractivity contribution in [1.29, 1.82) is 0 Å². The van der Waals surface area contributed by atoms with E-state index in [2.05, 4.69) is 48.5 Å². The number of phosphoric acid groups is 2. The highest BCUT2D eigenvalue weighted by Gasteiger charge is 2.30. The fourth-order valence-corrected chi connectivity index (χ4v) is 14.6. The number of unbranched alkanes of at least 4 members (excludes halogenated alkanes) is 50. The summed E-state index contributed by atoms with van der Waals surface area (Å²) in [5, 5.41) is 10.7. The number of phosphoric ester groups is 2. The number of ether oxygens (including phenoxy) is 4. The molecule has 0 bridgehead atoms. The van der Waals surface area contributed by atoms with Gasteiger partial charge in [-0.15, -0.1) is 0 Å². The van der Waals surface area contributed by atoms with Crippen molar-refractivity contribution in [3.05, 3.63) is 0 Å². The molecule has 0 aromatic rings. The van der Waals surface area contributed by atoms with E-state index in [1.54, 1.807) is 0 Å². The standard InChI is InChI=1S/C84H164O17P2/c1-8-9-10-11-12-13-14-15-16-17-18-19-22-26-32-37-46-53-60-67-83(88)100-79(71-94-81(86)65-58-51-44-36-31-25-23-20-21-24-29-34-41-48-55-62-75(2)3)73-98-102(90,91)96-69-78(85)70-97-103(92,93)99-74-80(72-95-82(87)66-59-52-45-40-39-43-50-57-64-77(6)7)101-84(89)68-61-54-47-38-33-28-27-30-35-42-49-56-63-76(4)5/h75-80,85H,8-74H2,1-7H3,(H,90,91)(H,92,93)/t78-,79-,80-/m1/s1. The van der Waals surface area contributed by atoms with Gasteiger partial charge in [0.05, 0.1) is 26.4 Å². The maximum absolute atomic E-state index is 13.1. The molecule has 0 rings (SSSR count). The number of hydrogen-bond acceptors (Lipinski definition) is 15. The van der Waals surface area contributed by atoms with Crippen LogP contribution in [0, 0.1) is 17.8 Å². The quantitative estimate of drug-likeness (QED) is 0.0222. The average molecular weight is 1510 g/mol. The van der Waals surface area contributed by atoms with Crippen molar-refractivity contribution in [2.24, 2.45) is 17.8 Å². The molecule has 0 amide bonds. The van der Waals surface area contributed by atoms with Gasteiger partial charge in [0.2, 0.25) is 0 Å². The molecule has 17 nitrogen and oxygen atoms in total. The predicted molar refractivity (Wildman–Crippen MR) is 423 cm³/mol. The summed E-state index contributed by atoms with van der Waals surface area (Å²) >= 11 is 0. The lowest BCUT2D eigenvalue weighted by Gasteiger charge is -2.21. The van der Waals surface area contributed by atoms with Crippen LogP contribution in [0.3, 0.4) is 0 Å². The maximum atomic E-state index is 13.1. The van der Waals surface area contributed by atoms with Gasteiger partial charge < -0.3 is 33.8 Å². The fraction of sp³-hybridized carbons (Fsp3) is 0.952. The molecule has 0 spiro atoms. The first-order valence-corrected chi connectivity index (χ1v) is 46.3. The minimum absolute atomic E-state index is 0.106. The number of carbonyl (C=O) groups excluding carboxylic acids is 4. The van der Waals surface area contributed by atoms with Crippen LogP contribution in [-0.2, 0) is 65.4 Å². The van der Waals surface area contributed by atoms with Gasteiger partial charge in [-0.2, -0.15) is 0 Å². The molecular weight excluding hydrogens is 1340 g/mol. The van der Waals surface area contributed by atoms with Crippen molar-refractivity contribution in [2.45, 2.75) is 458 Å². The number of hydrogen-bond donors (Lipinski definition) is 3. The van der Waals surface area contributed by atoms with E-state index in [1.807, 2.05) is 0 Å². The van der Waals surface area contributed by atoms with Gasteiger partial charge in [-0.25, -0.2) is 9.13 Å². The van der Waals surface area contributed by atoms with E-state index in [9.17, 15) is 43.2 Å². The lowest BCUT2D eigenvalue weighted by molar-refractivity contribution is -0.161. The SMILES string of the molecule is CCCCCCCCCCCCCCCCCCCCCC(=O)O[C@H](COC(=O)CCCCCCCCCCCCCCCCCC(C)C)COP(=O)(O)OC[C@@H](O)COP(=O)(O)OC[C@@H](COC(=O)CCCCCCCCCCC(C)C)OC(=O)CCCCCCCCCCCCCCC(C)C. The average Bonchev–Trinajstić information content (AvgIpc) is 0.914. The van der Waals surface area contributed by atoms with Gasteiger partial charge in [0.15, 0.2) is 12.2 Å². The summed E-state index contributed by atoms with van der Waals surface area (Å²) in [6.07, 6.45) is 63.9. The second-order valence-corrected chi connectivity index (χ2v) is 34.6. The van der Waals surface area contributed by atoms with Crippen molar-refractivity contribution in [3.63, 3.8) is 0 Å². The minimum atomic E-state index is -4.96. The first-order chi connectivity index (χ1) is 49.7. The summed E-state index contributed by atoms with van der Waals surface area (Å²) in [5.41, 5.74) is 0. The van der Waals surface area contributed by atoms with Crippen LogP contribution in [0.1, 0.15) is 440 Å². The summed E-state index contributed by atoms with van der Waals surface area (Å²) < 4.78 is 68.8. The molecule has 2 unspecified atom stereocenters. The van der Waals surface area contributed by atoms with Gasteiger partial charge in [-0.05, 0) is 43.4 Å². The first-order valence-electron chi connectivity index (χ1n) is 43.3. The molecule has 0 heterocycles. The van der Waals surface area contributed by atoms with Crippen LogP contribution >= 0.6 is 15.6 Å². The number of aliphatic hydroxyl groups is 1. The number of rotatable bonds is 82. The lowest BCUT2D eigenvalue weighted by atomic mass is 10.0. The van der Waals surface area contributed by atoms with Crippen molar-refractivity contribution < 1.29 is 80.2 Å². The largest absolute Gasteiger partial charge is 0.472 e. The molecule has 0 fully saturated rings. The van der Waals surface area contributed by atoms with E-state index >= 15 is 0 Å². The molecule has 0 aromatic carbocycles. The summed E-state index contributed by atoms with van der Waals surface area (Å²) in [7, 11) is -9.93. The Morgan fingerprint density at radius 3 is 0.660 bits per heavy atom. The maximum Gasteiger partial charge on any atom is 0.472 e. The third kappa shape index (κ3) is 78.0. The summed E-state index contributed by atoms with van der Waals surface area (Å²) in [4.78, 5) is 73.2. The van der Waals surface area contributed by atoms with E-state index in [-0.39, 0.29) is 25.7 Å². The number of aliphatic hydroxyl groups excluding tert-OH is 1. The normalized spacial score (nSPS) is 13.9. The van der Waals surface area contributed by atoms with Crippen LogP contribution in [0.5, 0.6) is 0 Å². The Kier molecular flexibility index (Phi) is 72.8. The summed E-state index contributed by atoms with van der Waals surface area (Å²) in [5.74, 6) is 0.202. The lowest BCUT2D eigenvalue weighted by Crippen LogP contribution is -2.30. The number of esters is 4. The Morgan fingerprint density at radius 2 is 0.447 bits per heavy atom. The Bertz CT molecular complexity index is 1990. The van der Waals surface area contributed by atoms with Crippen LogP contribution in [0.4, 0.5) is 0 Å². The highest BCUT2D eigenvalue weighted by Crippen LogP contribution is 2.45. The summed E-state index contributed by atoms with van der Waals surface area (Å²) in [6.45, 7) is 12.0. The third-order valence-corrected chi connectivity index (χ3v) is 21.5. The molecule has 0 saturated heterocycles. The van der Waals surface area contributed by atoms with Gasteiger partial charge in [0.1, 0.15) is 19.3 Å². The Hall–Kier alpha value is -1.94. The highest BCUT2D eigenvalue weighted by atomic mass is 31.2.